The molecule has 1 aromatic rings. The van der Waals surface area contributed by atoms with Crippen molar-refractivity contribution in [2.75, 3.05) is 7.11 Å². The molecule has 0 saturated heterocycles. The number of ether oxygens (including phenoxy) is 1. The second-order valence-electron chi connectivity index (χ2n) is 4.75. The van der Waals surface area contributed by atoms with Crippen molar-refractivity contribution in [2.45, 2.75) is 50.4 Å². The third-order valence-electron chi connectivity index (χ3n) is 3.59. The minimum absolute atomic E-state index is 0.0875. The van der Waals surface area contributed by atoms with Gasteiger partial charge in [0.2, 0.25) is 0 Å². The van der Waals surface area contributed by atoms with Crippen LogP contribution in [0.15, 0.2) is 0 Å². The van der Waals surface area contributed by atoms with Gasteiger partial charge in [0.15, 0.2) is 5.69 Å². The third kappa shape index (κ3) is 2.78. The van der Waals surface area contributed by atoms with E-state index in [9.17, 15) is 13.2 Å². The summed E-state index contributed by atoms with van der Waals surface area (Å²) >= 11 is 1.04. The number of methoxy groups -OCH3 is 1. The Morgan fingerprint density at radius 3 is 2.37 bits per heavy atom. The lowest BCUT2D eigenvalue weighted by molar-refractivity contribution is -0.141. The molecule has 0 aromatic carbocycles. The van der Waals surface area contributed by atoms with Crippen LogP contribution in [0.1, 0.15) is 47.7 Å². The molecule has 2 rings (SSSR count). The average molecular weight is 294 g/mol. The van der Waals surface area contributed by atoms with Crippen LogP contribution in [0.25, 0.3) is 0 Å². The molecule has 108 valence electrons. The van der Waals surface area contributed by atoms with Crippen LogP contribution in [0.4, 0.5) is 13.2 Å². The maximum absolute atomic E-state index is 12.9. The normalized spacial score (nSPS) is 19.6. The topological polar surface area (TPSA) is 48.1 Å². The minimum atomic E-state index is -4.45. The van der Waals surface area contributed by atoms with Crippen LogP contribution in [0, 0.1) is 0 Å². The Bertz CT molecular complexity index is 439. The van der Waals surface area contributed by atoms with E-state index in [0.29, 0.717) is 5.01 Å². The fourth-order valence-electron chi connectivity index (χ4n) is 2.53. The monoisotopic (exact) mass is 294 g/mol. The predicted octanol–water partition coefficient (Wildman–Crippen LogP) is 3.43. The zero-order valence-corrected chi connectivity index (χ0v) is 11.5. The van der Waals surface area contributed by atoms with Crippen molar-refractivity contribution in [3.63, 3.8) is 0 Å². The highest BCUT2D eigenvalue weighted by atomic mass is 32.1. The van der Waals surface area contributed by atoms with Gasteiger partial charge in [-0.2, -0.15) is 13.2 Å². The van der Waals surface area contributed by atoms with Gasteiger partial charge < -0.3 is 10.5 Å². The van der Waals surface area contributed by atoms with E-state index >= 15 is 0 Å². The number of thiazole rings is 1. The van der Waals surface area contributed by atoms with Crippen LogP contribution < -0.4 is 5.73 Å². The van der Waals surface area contributed by atoms with E-state index in [1.807, 2.05) is 0 Å². The largest absolute Gasteiger partial charge is 0.434 e. The Labute approximate surface area is 114 Å². The quantitative estimate of drug-likeness (QED) is 0.929. The van der Waals surface area contributed by atoms with Crippen LogP contribution in [0.3, 0.4) is 0 Å². The number of hydrogen-bond donors (Lipinski definition) is 1. The van der Waals surface area contributed by atoms with Gasteiger partial charge in [0.1, 0.15) is 10.6 Å². The van der Waals surface area contributed by atoms with Crippen molar-refractivity contribution in [3.8, 4) is 0 Å². The molecule has 0 amide bonds. The first-order chi connectivity index (χ1) is 8.93. The third-order valence-corrected chi connectivity index (χ3v) is 4.86. The average Bonchev–Trinajstić information content (AvgIpc) is 2.84. The molecule has 1 saturated carbocycles. The molecule has 0 spiro atoms. The first kappa shape index (κ1) is 14.7. The van der Waals surface area contributed by atoms with Crippen LogP contribution in [-0.4, -0.2) is 12.1 Å². The minimum Gasteiger partial charge on any atom is -0.371 e. The number of halogens is 3. The first-order valence-electron chi connectivity index (χ1n) is 6.25. The van der Waals surface area contributed by atoms with E-state index in [1.165, 1.54) is 0 Å². The molecule has 0 unspecified atom stereocenters. The van der Waals surface area contributed by atoms with Gasteiger partial charge in [0.25, 0.3) is 0 Å². The Balaban J connectivity index is 2.42. The Morgan fingerprint density at radius 1 is 1.32 bits per heavy atom. The molecule has 1 heterocycles. The highest BCUT2D eigenvalue weighted by Crippen LogP contribution is 2.44. The fourth-order valence-corrected chi connectivity index (χ4v) is 3.72. The number of aromatic nitrogens is 1. The van der Waals surface area contributed by atoms with Crippen molar-refractivity contribution in [3.05, 3.63) is 15.6 Å². The molecule has 0 radical (unpaired) electrons. The molecule has 1 fully saturated rings. The standard InChI is InChI=1S/C12H17F3N2OS/c1-18-11(5-3-2-4-6-11)10-17-9(12(13,14)15)8(7-16)19-10/h2-7,16H2,1H3. The summed E-state index contributed by atoms with van der Waals surface area (Å²) in [4.78, 5) is 3.89. The van der Waals surface area contributed by atoms with Gasteiger partial charge in [-0.05, 0) is 12.8 Å². The summed E-state index contributed by atoms with van der Waals surface area (Å²) in [6.45, 7) is -0.147. The van der Waals surface area contributed by atoms with E-state index < -0.39 is 17.5 Å². The maximum Gasteiger partial charge on any atom is 0.434 e. The summed E-state index contributed by atoms with van der Waals surface area (Å²) in [5.41, 5.74) is 3.90. The molecule has 2 N–H and O–H groups in total. The summed E-state index contributed by atoms with van der Waals surface area (Å²) in [5.74, 6) is 0. The zero-order valence-electron chi connectivity index (χ0n) is 10.7. The Hall–Kier alpha value is -0.660. The molecule has 0 atom stereocenters. The van der Waals surface area contributed by atoms with Gasteiger partial charge in [-0.25, -0.2) is 4.98 Å². The van der Waals surface area contributed by atoms with Crippen molar-refractivity contribution < 1.29 is 17.9 Å². The van der Waals surface area contributed by atoms with Crippen LogP contribution >= 0.6 is 11.3 Å². The molecular formula is C12H17F3N2OS. The number of alkyl halides is 3. The molecule has 3 nitrogen and oxygen atoms in total. The lowest BCUT2D eigenvalue weighted by Gasteiger charge is -2.34. The van der Waals surface area contributed by atoms with Gasteiger partial charge in [0, 0.05) is 13.7 Å². The highest BCUT2D eigenvalue weighted by molar-refractivity contribution is 7.11. The van der Waals surface area contributed by atoms with Gasteiger partial charge in [0.05, 0.1) is 4.88 Å². The molecule has 7 heteroatoms. The number of hydrogen-bond acceptors (Lipinski definition) is 4. The van der Waals surface area contributed by atoms with Gasteiger partial charge >= 0.3 is 6.18 Å². The van der Waals surface area contributed by atoms with Crippen molar-refractivity contribution >= 4 is 11.3 Å². The first-order valence-corrected chi connectivity index (χ1v) is 7.07. The van der Waals surface area contributed by atoms with Crippen molar-refractivity contribution in [1.29, 1.82) is 0 Å². The number of nitrogens with zero attached hydrogens (tertiary/aromatic N) is 1. The fraction of sp³-hybridized carbons (Fsp3) is 0.750. The van der Waals surface area contributed by atoms with Crippen LogP contribution in [0.5, 0.6) is 0 Å². The number of rotatable bonds is 3. The summed E-state index contributed by atoms with van der Waals surface area (Å²) < 4.78 is 44.2. The lowest BCUT2D eigenvalue weighted by Crippen LogP contribution is -2.31. The summed E-state index contributed by atoms with van der Waals surface area (Å²) in [6, 6.07) is 0. The zero-order chi connectivity index (χ0) is 14.1. The molecule has 1 aliphatic carbocycles. The van der Waals surface area contributed by atoms with Gasteiger partial charge in [-0.3, -0.25) is 0 Å². The predicted molar refractivity (Wildman–Crippen MR) is 66.8 cm³/mol. The second-order valence-corrected chi connectivity index (χ2v) is 5.84. The summed E-state index contributed by atoms with van der Waals surface area (Å²) in [6.07, 6.45) is -0.0183. The van der Waals surface area contributed by atoms with Crippen LogP contribution in [-0.2, 0) is 23.1 Å². The number of nitrogens with two attached hydrogens (primary N) is 1. The van der Waals surface area contributed by atoms with Gasteiger partial charge in [-0.1, -0.05) is 19.3 Å². The van der Waals surface area contributed by atoms with Crippen LogP contribution in [0.2, 0.25) is 0 Å². The van der Waals surface area contributed by atoms with E-state index in [-0.39, 0.29) is 11.4 Å². The maximum atomic E-state index is 12.9. The highest BCUT2D eigenvalue weighted by Gasteiger charge is 2.42. The Morgan fingerprint density at radius 2 is 1.95 bits per heavy atom. The van der Waals surface area contributed by atoms with E-state index in [1.54, 1.807) is 7.11 Å². The Kier molecular flexibility index (Phi) is 4.17. The van der Waals surface area contributed by atoms with Gasteiger partial charge in [-0.15, -0.1) is 11.3 Å². The summed E-state index contributed by atoms with van der Waals surface area (Å²) in [7, 11) is 1.54. The molecule has 0 aliphatic heterocycles. The smallest absolute Gasteiger partial charge is 0.371 e. The lowest BCUT2D eigenvalue weighted by atomic mass is 9.85. The molecular weight excluding hydrogens is 277 g/mol. The van der Waals surface area contributed by atoms with E-state index in [0.717, 1.165) is 43.4 Å². The second kappa shape index (κ2) is 5.38. The van der Waals surface area contributed by atoms with Crippen molar-refractivity contribution in [1.82, 2.24) is 4.98 Å². The SMILES string of the molecule is COC1(c2nc(C(F)(F)F)c(CN)s2)CCCCC1. The molecule has 0 bridgehead atoms. The van der Waals surface area contributed by atoms with E-state index in [2.05, 4.69) is 4.98 Å². The van der Waals surface area contributed by atoms with Crippen molar-refractivity contribution in [2.24, 2.45) is 5.73 Å². The molecule has 1 aromatic heterocycles. The summed E-state index contributed by atoms with van der Waals surface area (Å²) in [5, 5.41) is 0.419. The molecule has 19 heavy (non-hydrogen) atoms. The van der Waals surface area contributed by atoms with E-state index in [4.69, 9.17) is 10.5 Å². The molecule has 1 aliphatic rings.